The third-order valence-corrected chi connectivity index (χ3v) is 7.98. The Morgan fingerprint density at radius 3 is 2.67 bits per heavy atom. The normalized spacial score (nSPS) is 21.3. The summed E-state index contributed by atoms with van der Waals surface area (Å²) in [5.74, 6) is 0.649. The van der Waals surface area contributed by atoms with Gasteiger partial charge in [0, 0.05) is 18.0 Å². The summed E-state index contributed by atoms with van der Waals surface area (Å²) < 4.78 is 7.60. The van der Waals surface area contributed by atoms with E-state index in [4.69, 9.17) is 4.74 Å². The molecular formula is C26H31N3O3S. The zero-order chi connectivity index (χ0) is 23.0. The number of hydrogen-bond acceptors (Lipinski definition) is 4. The van der Waals surface area contributed by atoms with Crippen molar-refractivity contribution in [3.05, 3.63) is 53.0 Å². The maximum absolute atomic E-state index is 13.8. The highest BCUT2D eigenvalue weighted by molar-refractivity contribution is 7.16. The number of fused-ring (bicyclic) bond motifs is 3. The Kier molecular flexibility index (Phi) is 5.91. The van der Waals surface area contributed by atoms with E-state index in [0.29, 0.717) is 25.4 Å². The second kappa shape index (κ2) is 8.86. The number of ether oxygens (including phenoxy) is 1. The van der Waals surface area contributed by atoms with E-state index < -0.39 is 5.54 Å². The molecule has 2 aliphatic rings. The molecule has 7 heteroatoms. The van der Waals surface area contributed by atoms with Crippen molar-refractivity contribution in [1.29, 1.82) is 0 Å². The summed E-state index contributed by atoms with van der Waals surface area (Å²) in [6, 6.07) is 12.0. The van der Waals surface area contributed by atoms with Crippen LogP contribution in [0.4, 0.5) is 0 Å². The molecule has 1 aliphatic heterocycles. The second-order valence-corrected chi connectivity index (χ2v) is 10.2. The van der Waals surface area contributed by atoms with E-state index in [9.17, 15) is 9.59 Å². The molecule has 1 N–H and O–H groups in total. The molecule has 1 aromatic carbocycles. The summed E-state index contributed by atoms with van der Waals surface area (Å²) in [6.45, 7) is 5.31. The van der Waals surface area contributed by atoms with Crippen molar-refractivity contribution in [1.82, 2.24) is 14.8 Å². The van der Waals surface area contributed by atoms with Gasteiger partial charge in [-0.25, -0.2) is 0 Å². The van der Waals surface area contributed by atoms with Gasteiger partial charge < -0.3 is 19.5 Å². The molecule has 33 heavy (non-hydrogen) atoms. The molecule has 1 unspecified atom stereocenters. The molecule has 5 rings (SSSR count). The minimum Gasteiger partial charge on any atom is -0.494 e. The molecule has 0 spiro atoms. The molecule has 2 amide bonds. The summed E-state index contributed by atoms with van der Waals surface area (Å²) in [7, 11) is 0. The molecule has 6 nitrogen and oxygen atoms in total. The van der Waals surface area contributed by atoms with Gasteiger partial charge in [-0.15, -0.1) is 11.3 Å². The third kappa shape index (κ3) is 4.03. The molecule has 3 aromatic rings. The Balaban J connectivity index is 1.49. The lowest BCUT2D eigenvalue weighted by atomic mass is 9.91. The van der Waals surface area contributed by atoms with E-state index in [1.807, 2.05) is 60.2 Å². The van der Waals surface area contributed by atoms with E-state index in [0.717, 1.165) is 47.2 Å². The fraction of sp³-hybridized carbons (Fsp3) is 0.462. The van der Waals surface area contributed by atoms with E-state index in [1.54, 1.807) is 16.2 Å². The Bertz CT molecular complexity index is 1160. The van der Waals surface area contributed by atoms with Crippen LogP contribution in [0.5, 0.6) is 5.75 Å². The molecule has 0 bridgehead atoms. The maximum Gasteiger partial charge on any atom is 0.271 e. The molecule has 1 saturated carbocycles. The quantitative estimate of drug-likeness (QED) is 0.559. The molecule has 174 valence electrons. The van der Waals surface area contributed by atoms with Crippen molar-refractivity contribution >= 4 is 33.4 Å². The van der Waals surface area contributed by atoms with E-state index in [-0.39, 0.29) is 17.9 Å². The highest BCUT2D eigenvalue weighted by Crippen LogP contribution is 2.36. The van der Waals surface area contributed by atoms with Crippen LogP contribution in [-0.4, -0.2) is 39.5 Å². The molecule has 1 atom stereocenters. The average Bonchev–Trinajstić information content (AvgIpc) is 3.41. The van der Waals surface area contributed by atoms with Crippen LogP contribution in [0.25, 0.3) is 10.2 Å². The second-order valence-electron chi connectivity index (χ2n) is 9.35. The van der Waals surface area contributed by atoms with Crippen LogP contribution in [0, 0.1) is 0 Å². The van der Waals surface area contributed by atoms with Gasteiger partial charge in [0.2, 0.25) is 5.91 Å². The van der Waals surface area contributed by atoms with Gasteiger partial charge in [-0.05, 0) is 61.9 Å². The number of thiophene rings is 1. The van der Waals surface area contributed by atoms with Crippen LogP contribution >= 0.6 is 11.3 Å². The highest BCUT2D eigenvalue weighted by atomic mass is 32.1. The van der Waals surface area contributed by atoms with Gasteiger partial charge >= 0.3 is 0 Å². The van der Waals surface area contributed by atoms with Crippen LogP contribution in [0.2, 0.25) is 0 Å². The third-order valence-electron chi connectivity index (χ3n) is 7.03. The molecule has 1 aliphatic carbocycles. The topological polar surface area (TPSA) is 63.6 Å². The van der Waals surface area contributed by atoms with E-state index >= 15 is 0 Å². The van der Waals surface area contributed by atoms with Crippen molar-refractivity contribution in [3.8, 4) is 5.75 Å². The number of carbonyl (C=O) groups is 2. The first kappa shape index (κ1) is 22.0. The van der Waals surface area contributed by atoms with Gasteiger partial charge in [0.15, 0.2) is 0 Å². The minimum atomic E-state index is -0.976. The summed E-state index contributed by atoms with van der Waals surface area (Å²) in [5, 5.41) is 6.39. The number of nitrogens with one attached hydrogen (secondary N) is 1. The number of rotatable bonds is 6. The molecule has 1 fully saturated rings. The summed E-state index contributed by atoms with van der Waals surface area (Å²) in [5.41, 5.74) is 0.659. The molecule has 0 saturated heterocycles. The first-order valence-corrected chi connectivity index (χ1v) is 12.8. The summed E-state index contributed by atoms with van der Waals surface area (Å²) in [4.78, 5) is 30.3. The largest absolute Gasteiger partial charge is 0.494 e. The van der Waals surface area contributed by atoms with Gasteiger partial charge in [0.25, 0.3) is 5.91 Å². The minimum absolute atomic E-state index is 0.0576. The van der Waals surface area contributed by atoms with Crippen molar-refractivity contribution < 1.29 is 14.3 Å². The Hall–Kier alpha value is -2.80. The van der Waals surface area contributed by atoms with Crippen molar-refractivity contribution in [2.45, 2.75) is 70.6 Å². The standard InChI is InChI=1S/C26H31N3O3S/c1-3-32-21-11-9-18(10-12-21)16-29-23(30)22-15-19-13-14-33-24(19)28(22)17-26(29,2)25(31)27-20-7-5-4-6-8-20/h9-15,20H,3-8,16-17H2,1-2H3,(H,27,31). The van der Waals surface area contributed by atoms with E-state index in [2.05, 4.69) is 5.32 Å². The fourth-order valence-electron chi connectivity index (χ4n) is 5.13. The summed E-state index contributed by atoms with van der Waals surface area (Å²) in [6.07, 6.45) is 5.55. The predicted octanol–water partition coefficient (Wildman–Crippen LogP) is 4.97. The van der Waals surface area contributed by atoms with Gasteiger partial charge in [0.1, 0.15) is 21.8 Å². The van der Waals surface area contributed by atoms with Crippen molar-refractivity contribution in [2.75, 3.05) is 6.61 Å². The maximum atomic E-state index is 13.8. The zero-order valence-electron chi connectivity index (χ0n) is 19.3. The van der Waals surface area contributed by atoms with Gasteiger partial charge in [0.05, 0.1) is 13.2 Å². The van der Waals surface area contributed by atoms with Crippen molar-refractivity contribution in [3.63, 3.8) is 0 Å². The zero-order valence-corrected chi connectivity index (χ0v) is 20.1. The van der Waals surface area contributed by atoms with Crippen LogP contribution in [0.3, 0.4) is 0 Å². The lowest BCUT2D eigenvalue weighted by Crippen LogP contribution is -2.64. The SMILES string of the molecule is CCOc1ccc(CN2C(=O)c3cc4ccsc4n3CC2(C)C(=O)NC2CCCCC2)cc1. The van der Waals surface area contributed by atoms with Crippen LogP contribution in [0.1, 0.15) is 62.0 Å². The predicted molar refractivity (Wildman–Crippen MR) is 131 cm³/mol. The van der Waals surface area contributed by atoms with Gasteiger partial charge in [-0.2, -0.15) is 0 Å². The molecule has 0 radical (unpaired) electrons. The first-order valence-electron chi connectivity index (χ1n) is 11.9. The number of benzene rings is 1. The highest BCUT2D eigenvalue weighted by Gasteiger charge is 2.48. The summed E-state index contributed by atoms with van der Waals surface area (Å²) >= 11 is 1.62. The Labute approximate surface area is 198 Å². The number of carbonyl (C=O) groups excluding carboxylic acids is 2. The average molecular weight is 466 g/mol. The Morgan fingerprint density at radius 1 is 1.18 bits per heavy atom. The van der Waals surface area contributed by atoms with Gasteiger partial charge in [-0.3, -0.25) is 9.59 Å². The van der Waals surface area contributed by atoms with Gasteiger partial charge in [-0.1, -0.05) is 31.4 Å². The molecule has 2 aromatic heterocycles. The van der Waals surface area contributed by atoms with Crippen LogP contribution < -0.4 is 10.1 Å². The number of nitrogens with zero attached hydrogens (tertiary/aromatic N) is 2. The van der Waals surface area contributed by atoms with Crippen molar-refractivity contribution in [2.24, 2.45) is 0 Å². The number of hydrogen-bond donors (Lipinski definition) is 1. The lowest BCUT2D eigenvalue weighted by Gasteiger charge is -2.44. The molecule has 3 heterocycles. The van der Waals surface area contributed by atoms with Crippen LogP contribution in [0.15, 0.2) is 41.8 Å². The number of aromatic nitrogens is 1. The first-order chi connectivity index (χ1) is 16.0. The number of amides is 2. The fourth-order valence-corrected chi connectivity index (χ4v) is 6.03. The monoisotopic (exact) mass is 465 g/mol. The Morgan fingerprint density at radius 2 is 1.94 bits per heavy atom. The molecular weight excluding hydrogens is 434 g/mol. The lowest BCUT2D eigenvalue weighted by molar-refractivity contribution is -0.134. The smallest absolute Gasteiger partial charge is 0.271 e. The van der Waals surface area contributed by atoms with E-state index in [1.165, 1.54) is 6.42 Å². The van der Waals surface area contributed by atoms with Crippen LogP contribution in [-0.2, 0) is 17.9 Å².